The Hall–Kier alpha value is -3.78. The Bertz CT molecular complexity index is 1350. The largest absolute Gasteiger partial charge is 0.464 e. The van der Waals surface area contributed by atoms with Gasteiger partial charge in [0.05, 0.1) is 24.8 Å². The summed E-state index contributed by atoms with van der Waals surface area (Å²) in [4.78, 5) is 39.7. The molecule has 0 fully saturated rings. The summed E-state index contributed by atoms with van der Waals surface area (Å²) < 4.78 is 11.5. The lowest BCUT2D eigenvalue weighted by molar-refractivity contribution is -0.135. The number of ether oxygens (including phenoxy) is 2. The number of fused-ring (bicyclic) bond motifs is 1. The van der Waals surface area contributed by atoms with Crippen LogP contribution in [-0.2, 0) is 14.3 Å². The van der Waals surface area contributed by atoms with E-state index in [1.54, 1.807) is 25.1 Å². The van der Waals surface area contributed by atoms with Crippen molar-refractivity contribution < 1.29 is 23.9 Å². The second-order valence-corrected chi connectivity index (χ2v) is 8.32. The number of carbonyl (C=O) groups is 3. The highest BCUT2D eigenvalue weighted by Crippen LogP contribution is 2.39. The third-order valence-corrected chi connectivity index (χ3v) is 6.50. The number of aromatic nitrogens is 1. The van der Waals surface area contributed by atoms with E-state index in [0.29, 0.717) is 10.8 Å². The van der Waals surface area contributed by atoms with Gasteiger partial charge in [-0.1, -0.05) is 72.4 Å². The average Bonchev–Trinajstić information content (AvgIpc) is 3.12. The molecular formula is C25H22N2O5S. The van der Waals surface area contributed by atoms with Crippen molar-refractivity contribution in [3.8, 4) is 0 Å². The highest BCUT2D eigenvalue weighted by Gasteiger charge is 2.38. The number of anilines is 1. The number of hydrogen-bond donors (Lipinski definition) is 1. The molecule has 8 heteroatoms. The third kappa shape index (κ3) is 4.05. The smallest absolute Gasteiger partial charge is 0.357 e. The van der Waals surface area contributed by atoms with E-state index in [1.165, 1.54) is 11.7 Å². The Kier molecular flexibility index (Phi) is 6.37. The van der Waals surface area contributed by atoms with Gasteiger partial charge in [-0.15, -0.1) is 0 Å². The number of nitrogen functional groups attached to an aromatic ring is 1. The maximum atomic E-state index is 13.7. The van der Waals surface area contributed by atoms with Crippen LogP contribution in [0, 0.1) is 0 Å². The predicted octanol–water partition coefficient (Wildman–Crippen LogP) is 2.49. The number of methoxy groups -OCH3 is 1. The lowest BCUT2D eigenvalue weighted by Gasteiger charge is -2.23. The van der Waals surface area contributed by atoms with Crippen molar-refractivity contribution in [2.45, 2.75) is 12.2 Å². The molecule has 2 aromatic carbocycles. The van der Waals surface area contributed by atoms with Gasteiger partial charge in [0, 0.05) is 5.22 Å². The van der Waals surface area contributed by atoms with Gasteiger partial charge < -0.3 is 15.2 Å². The lowest BCUT2D eigenvalue weighted by atomic mass is 10.1. The summed E-state index contributed by atoms with van der Waals surface area (Å²) in [6.45, 7) is 1.86. The molecule has 1 aromatic heterocycles. The van der Waals surface area contributed by atoms with Gasteiger partial charge in [0.1, 0.15) is 10.2 Å². The van der Waals surface area contributed by atoms with Gasteiger partial charge in [0.2, 0.25) is 5.91 Å². The molecule has 1 atom stereocenters. The van der Waals surface area contributed by atoms with E-state index in [2.05, 4.69) is 0 Å². The Balaban J connectivity index is 2.11. The average molecular weight is 463 g/mol. The fourth-order valence-electron chi connectivity index (χ4n) is 3.73. The van der Waals surface area contributed by atoms with Crippen molar-refractivity contribution in [1.29, 1.82) is 0 Å². The van der Waals surface area contributed by atoms with Gasteiger partial charge in [-0.3, -0.25) is 9.36 Å². The van der Waals surface area contributed by atoms with Crippen LogP contribution in [0.5, 0.6) is 0 Å². The van der Waals surface area contributed by atoms with Gasteiger partial charge in [-0.25, -0.2) is 9.59 Å². The van der Waals surface area contributed by atoms with Crippen molar-refractivity contribution in [2.75, 3.05) is 19.5 Å². The fourth-order valence-corrected chi connectivity index (χ4v) is 4.94. The summed E-state index contributed by atoms with van der Waals surface area (Å²) >= 11 is 1.09. The van der Waals surface area contributed by atoms with Gasteiger partial charge >= 0.3 is 11.9 Å². The molecule has 1 aliphatic heterocycles. The molecule has 0 aliphatic carbocycles. The minimum atomic E-state index is -0.767. The Morgan fingerprint density at radius 1 is 1.06 bits per heavy atom. The van der Waals surface area contributed by atoms with E-state index < -0.39 is 23.1 Å². The topological polar surface area (TPSA) is 101 Å². The minimum Gasteiger partial charge on any atom is -0.464 e. The highest BCUT2D eigenvalue weighted by atomic mass is 32.2. The first-order chi connectivity index (χ1) is 16.0. The monoisotopic (exact) mass is 462 g/mol. The number of benzene rings is 2. The van der Waals surface area contributed by atoms with E-state index >= 15 is 0 Å². The molecule has 33 heavy (non-hydrogen) atoms. The normalized spacial score (nSPS) is 15.8. The molecule has 0 saturated carbocycles. The molecule has 0 spiro atoms. The number of carbonyl (C=O) groups excluding carboxylic acids is 3. The van der Waals surface area contributed by atoms with E-state index in [4.69, 9.17) is 15.2 Å². The zero-order chi connectivity index (χ0) is 23.5. The standard InChI is InChI=1S/C25H22N2O5S/c1-3-32-25(30)22-19-17(14-15-10-6-4-7-11-15)18(26)20(24(29)31-2)27(19)23(28)21(33-22)16-12-8-5-9-13-16/h4-14,21H,3,26H2,1-2H3/b17-14+/t21-/m0/s1. The maximum Gasteiger partial charge on any atom is 0.357 e. The summed E-state index contributed by atoms with van der Waals surface area (Å²) in [6.07, 6.45) is 1.74. The third-order valence-electron chi connectivity index (χ3n) is 5.20. The fraction of sp³-hybridized carbons (Fsp3) is 0.160. The number of nitrogens with zero attached hydrogens (tertiary/aromatic N) is 1. The highest BCUT2D eigenvalue weighted by molar-refractivity contribution is 8.10. The van der Waals surface area contributed by atoms with E-state index in [0.717, 1.165) is 17.3 Å². The van der Waals surface area contributed by atoms with Crippen LogP contribution in [0.25, 0.3) is 11.0 Å². The van der Waals surface area contributed by atoms with Crippen molar-refractivity contribution in [3.63, 3.8) is 0 Å². The molecule has 168 valence electrons. The van der Waals surface area contributed by atoms with Crippen LogP contribution in [0.3, 0.4) is 0 Å². The first-order valence-electron chi connectivity index (χ1n) is 10.3. The molecule has 1 aliphatic rings. The number of hydrogen-bond acceptors (Lipinski definition) is 7. The van der Waals surface area contributed by atoms with Gasteiger partial charge in [0.25, 0.3) is 0 Å². The molecule has 4 rings (SSSR count). The molecule has 0 bridgehead atoms. The molecule has 7 nitrogen and oxygen atoms in total. The van der Waals surface area contributed by atoms with Gasteiger partial charge in [-0.2, -0.15) is 0 Å². The molecule has 0 unspecified atom stereocenters. The molecule has 2 N–H and O–H groups in total. The van der Waals surface area contributed by atoms with Crippen LogP contribution >= 0.6 is 11.8 Å². The van der Waals surface area contributed by atoms with Crippen molar-refractivity contribution in [2.24, 2.45) is 0 Å². The molecular weight excluding hydrogens is 440 g/mol. The van der Waals surface area contributed by atoms with Gasteiger partial charge in [-0.05, 0) is 24.1 Å². The summed E-state index contributed by atoms with van der Waals surface area (Å²) in [5.41, 5.74) is 7.85. The first-order valence-corrected chi connectivity index (χ1v) is 11.2. The number of nitrogens with two attached hydrogens (primary N) is 1. The summed E-state index contributed by atoms with van der Waals surface area (Å²) in [5.74, 6) is -1.75. The molecule has 0 saturated heterocycles. The van der Waals surface area contributed by atoms with E-state index in [1.807, 2.05) is 48.5 Å². The summed E-state index contributed by atoms with van der Waals surface area (Å²) in [7, 11) is 1.22. The van der Waals surface area contributed by atoms with Crippen LogP contribution in [0.1, 0.15) is 38.6 Å². The quantitative estimate of drug-likeness (QED) is 0.582. The predicted molar refractivity (Wildman–Crippen MR) is 127 cm³/mol. The molecule has 2 heterocycles. The molecule has 3 aromatic rings. The van der Waals surface area contributed by atoms with E-state index in [9.17, 15) is 14.4 Å². The van der Waals surface area contributed by atoms with Crippen molar-refractivity contribution in [1.82, 2.24) is 4.57 Å². The SMILES string of the molecule is CCOC(=O)C1=c2/c(=C/c3ccccc3)c(N)c(C(=O)OC)n2C(=O)[C@H](c2ccccc2)S1. The van der Waals surface area contributed by atoms with E-state index in [-0.39, 0.29) is 28.2 Å². The van der Waals surface area contributed by atoms with Crippen molar-refractivity contribution in [3.05, 3.63) is 88.1 Å². The van der Waals surface area contributed by atoms with Crippen LogP contribution in [0.2, 0.25) is 0 Å². The summed E-state index contributed by atoms with van der Waals surface area (Å²) in [6, 6.07) is 18.3. The minimum absolute atomic E-state index is 0.0603. The summed E-state index contributed by atoms with van der Waals surface area (Å²) in [5, 5.41) is -0.146. The molecule has 0 amide bonds. The van der Waals surface area contributed by atoms with Crippen LogP contribution in [0.4, 0.5) is 5.69 Å². The lowest BCUT2D eigenvalue weighted by Crippen LogP contribution is -2.42. The number of esters is 2. The zero-order valence-electron chi connectivity index (χ0n) is 18.1. The zero-order valence-corrected chi connectivity index (χ0v) is 18.9. The van der Waals surface area contributed by atoms with Crippen molar-refractivity contribution >= 4 is 46.3 Å². The second kappa shape index (κ2) is 9.38. The Labute approximate surface area is 194 Å². The second-order valence-electron chi connectivity index (χ2n) is 7.20. The van der Waals surface area contributed by atoms with Crippen LogP contribution in [0.15, 0.2) is 60.7 Å². The van der Waals surface area contributed by atoms with Crippen LogP contribution in [-0.4, -0.2) is 36.1 Å². The number of rotatable bonds is 5. The maximum absolute atomic E-state index is 13.7. The van der Waals surface area contributed by atoms with Crippen LogP contribution < -0.4 is 16.3 Å². The molecule has 0 radical (unpaired) electrons. The Morgan fingerprint density at radius 2 is 1.70 bits per heavy atom. The first kappa shape index (κ1) is 22.4. The Morgan fingerprint density at radius 3 is 2.30 bits per heavy atom. The van der Waals surface area contributed by atoms with Gasteiger partial charge in [0.15, 0.2) is 5.69 Å². The number of thioether (sulfide) groups is 1.